The Balaban J connectivity index is 2.19. The number of esters is 1. The third-order valence-electron chi connectivity index (χ3n) is 5.93. The molecular formula is C21H32O5. The van der Waals surface area contributed by atoms with E-state index in [-0.39, 0.29) is 23.4 Å². The van der Waals surface area contributed by atoms with Crippen LogP contribution in [-0.2, 0) is 19.1 Å². The van der Waals surface area contributed by atoms with Crippen LogP contribution in [0.4, 0.5) is 0 Å². The zero-order chi connectivity index (χ0) is 19.5. The molecule has 2 rings (SSSR count). The molecule has 0 bridgehead atoms. The van der Waals surface area contributed by atoms with Crippen LogP contribution in [0, 0.1) is 5.92 Å². The standard InChI is InChI=1S/C21H32O5/c1-14-7-6-11-21(4)18(26-21)13-16(15(2)19(23)25-5)10-12-20(3,24)17(22)9-8-14/h7,16,18,24H,2,6,8-13H2,1,3-5H3/b14-7+/t16-,18-,20-,21+/m1/s1. The summed E-state index contributed by atoms with van der Waals surface area (Å²) in [5.74, 6) is -0.769. The maximum Gasteiger partial charge on any atom is 0.333 e. The van der Waals surface area contributed by atoms with Gasteiger partial charge in [-0.05, 0) is 65.2 Å². The van der Waals surface area contributed by atoms with Crippen LogP contribution in [0.3, 0.4) is 0 Å². The number of carbonyl (C=O) groups excluding carboxylic acids is 2. The highest BCUT2D eigenvalue weighted by Crippen LogP contribution is 2.46. The van der Waals surface area contributed by atoms with E-state index in [2.05, 4.69) is 19.6 Å². The largest absolute Gasteiger partial charge is 0.466 e. The fourth-order valence-electron chi connectivity index (χ4n) is 3.68. The summed E-state index contributed by atoms with van der Waals surface area (Å²) < 4.78 is 10.7. The minimum atomic E-state index is -1.40. The minimum Gasteiger partial charge on any atom is -0.466 e. The van der Waals surface area contributed by atoms with E-state index in [0.717, 1.165) is 12.8 Å². The lowest BCUT2D eigenvalue weighted by Gasteiger charge is -2.26. The summed E-state index contributed by atoms with van der Waals surface area (Å²) in [7, 11) is 1.34. The summed E-state index contributed by atoms with van der Waals surface area (Å²) in [5.41, 5.74) is -0.0129. The van der Waals surface area contributed by atoms with E-state index in [0.29, 0.717) is 37.7 Å². The number of fused-ring (bicyclic) bond motifs is 1. The maximum atomic E-state index is 12.4. The van der Waals surface area contributed by atoms with E-state index in [1.54, 1.807) is 6.92 Å². The summed E-state index contributed by atoms with van der Waals surface area (Å²) in [6.07, 6.45) is 6.45. The highest BCUT2D eigenvalue weighted by Gasteiger charge is 2.52. The Labute approximate surface area is 156 Å². The molecule has 1 aliphatic carbocycles. The van der Waals surface area contributed by atoms with Crippen molar-refractivity contribution < 1.29 is 24.2 Å². The van der Waals surface area contributed by atoms with Crippen LogP contribution in [0.15, 0.2) is 23.8 Å². The summed E-state index contributed by atoms with van der Waals surface area (Å²) in [4.78, 5) is 24.4. The number of epoxide rings is 1. The lowest BCUT2D eigenvalue weighted by molar-refractivity contribution is -0.137. The molecule has 0 radical (unpaired) electrons. The van der Waals surface area contributed by atoms with Crippen molar-refractivity contribution in [1.29, 1.82) is 0 Å². The first-order chi connectivity index (χ1) is 12.1. The molecule has 0 amide bonds. The topological polar surface area (TPSA) is 76.1 Å². The van der Waals surface area contributed by atoms with Crippen LogP contribution < -0.4 is 0 Å². The van der Waals surface area contributed by atoms with Crippen molar-refractivity contribution in [3.8, 4) is 0 Å². The van der Waals surface area contributed by atoms with Crippen molar-refractivity contribution in [2.24, 2.45) is 5.92 Å². The van der Waals surface area contributed by atoms with E-state index >= 15 is 0 Å². The highest BCUT2D eigenvalue weighted by molar-refractivity contribution is 5.88. The van der Waals surface area contributed by atoms with Crippen LogP contribution in [0.1, 0.15) is 65.7 Å². The van der Waals surface area contributed by atoms with Gasteiger partial charge in [-0.1, -0.05) is 18.2 Å². The SMILES string of the molecule is C=C(C(=O)OC)[C@@H]1CC[C@@](C)(O)C(=O)CC/C(C)=C/CC[C@]2(C)O[C@@H]2C1. The number of hydrogen-bond donors (Lipinski definition) is 1. The van der Waals surface area contributed by atoms with Crippen LogP contribution in [0.5, 0.6) is 0 Å². The van der Waals surface area contributed by atoms with Gasteiger partial charge in [-0.25, -0.2) is 4.79 Å². The lowest BCUT2D eigenvalue weighted by atomic mass is 9.82. The molecule has 1 N–H and O–H groups in total. The van der Waals surface area contributed by atoms with Gasteiger partial charge in [0.25, 0.3) is 0 Å². The molecule has 1 aliphatic heterocycles. The molecule has 26 heavy (non-hydrogen) atoms. The first kappa shape index (κ1) is 20.8. The zero-order valence-corrected chi connectivity index (χ0v) is 16.5. The van der Waals surface area contributed by atoms with Gasteiger partial charge in [-0.3, -0.25) is 4.79 Å². The molecule has 0 spiro atoms. The van der Waals surface area contributed by atoms with E-state index < -0.39 is 11.6 Å². The predicted octanol–water partition coefficient (Wildman–Crippen LogP) is 3.50. The Hall–Kier alpha value is -1.46. The number of rotatable bonds is 2. The molecule has 1 heterocycles. The number of hydrogen-bond acceptors (Lipinski definition) is 5. The van der Waals surface area contributed by atoms with Crippen LogP contribution in [-0.4, -0.2) is 41.3 Å². The van der Waals surface area contributed by atoms with Crippen molar-refractivity contribution in [3.63, 3.8) is 0 Å². The maximum absolute atomic E-state index is 12.4. The number of methoxy groups -OCH3 is 1. The van der Waals surface area contributed by atoms with E-state index in [1.165, 1.54) is 12.7 Å². The summed E-state index contributed by atoms with van der Waals surface area (Å²) in [5, 5.41) is 10.6. The third kappa shape index (κ3) is 5.04. The van der Waals surface area contributed by atoms with Crippen molar-refractivity contribution >= 4 is 11.8 Å². The quantitative estimate of drug-likeness (QED) is 0.351. The van der Waals surface area contributed by atoms with E-state index in [1.807, 2.05) is 6.92 Å². The average molecular weight is 364 g/mol. The fourth-order valence-corrected chi connectivity index (χ4v) is 3.68. The second kappa shape index (κ2) is 8.05. The Morgan fingerprint density at radius 2 is 2.04 bits per heavy atom. The predicted molar refractivity (Wildman–Crippen MR) is 99.6 cm³/mol. The van der Waals surface area contributed by atoms with Crippen LogP contribution in [0.2, 0.25) is 0 Å². The van der Waals surface area contributed by atoms with Crippen molar-refractivity contribution in [3.05, 3.63) is 23.8 Å². The average Bonchev–Trinajstić information content (AvgIpc) is 3.23. The number of ether oxygens (including phenoxy) is 2. The number of aliphatic hydroxyl groups is 1. The minimum absolute atomic E-state index is 0.0613. The summed E-state index contributed by atoms with van der Waals surface area (Å²) >= 11 is 0. The van der Waals surface area contributed by atoms with Gasteiger partial charge in [0.05, 0.1) is 18.8 Å². The van der Waals surface area contributed by atoms with Crippen molar-refractivity contribution in [1.82, 2.24) is 0 Å². The molecule has 0 aromatic carbocycles. The molecule has 1 saturated heterocycles. The molecule has 5 nitrogen and oxygen atoms in total. The molecule has 1 fully saturated rings. The zero-order valence-electron chi connectivity index (χ0n) is 16.5. The van der Waals surface area contributed by atoms with Gasteiger partial charge < -0.3 is 14.6 Å². The van der Waals surface area contributed by atoms with Gasteiger partial charge in [-0.2, -0.15) is 0 Å². The van der Waals surface area contributed by atoms with Gasteiger partial charge >= 0.3 is 5.97 Å². The molecule has 5 heteroatoms. The Kier molecular flexibility index (Phi) is 6.46. The van der Waals surface area contributed by atoms with E-state index in [9.17, 15) is 14.7 Å². The van der Waals surface area contributed by atoms with Gasteiger partial charge in [0, 0.05) is 12.0 Å². The molecule has 0 aromatic rings. The first-order valence-corrected chi connectivity index (χ1v) is 9.45. The summed E-state index contributed by atoms with van der Waals surface area (Å²) in [6, 6.07) is 0. The highest BCUT2D eigenvalue weighted by atomic mass is 16.6. The third-order valence-corrected chi connectivity index (χ3v) is 5.93. The molecule has 0 aromatic heterocycles. The Morgan fingerprint density at radius 1 is 1.35 bits per heavy atom. The Bertz CT molecular complexity index is 604. The lowest BCUT2D eigenvalue weighted by Crippen LogP contribution is -2.36. The Morgan fingerprint density at radius 3 is 2.69 bits per heavy atom. The van der Waals surface area contributed by atoms with Crippen molar-refractivity contribution in [2.45, 2.75) is 83.0 Å². The normalized spacial score (nSPS) is 38.3. The van der Waals surface area contributed by atoms with E-state index in [4.69, 9.17) is 9.47 Å². The number of Topliss-reactive ketones (excluding diaryl/α,β-unsaturated/α-hetero) is 1. The van der Waals surface area contributed by atoms with Crippen LogP contribution in [0.25, 0.3) is 0 Å². The smallest absolute Gasteiger partial charge is 0.333 e. The molecule has 4 atom stereocenters. The second-order valence-electron chi connectivity index (χ2n) is 8.19. The fraction of sp³-hybridized carbons (Fsp3) is 0.714. The van der Waals surface area contributed by atoms with Gasteiger partial charge in [-0.15, -0.1) is 0 Å². The summed E-state index contributed by atoms with van der Waals surface area (Å²) in [6.45, 7) is 9.59. The molecule has 2 aliphatic rings. The number of carbonyl (C=O) groups is 2. The molecule has 0 saturated carbocycles. The molecule has 0 unspecified atom stereocenters. The monoisotopic (exact) mass is 364 g/mol. The first-order valence-electron chi connectivity index (χ1n) is 9.45. The number of allylic oxidation sites excluding steroid dienone is 2. The van der Waals surface area contributed by atoms with Crippen LogP contribution >= 0.6 is 0 Å². The van der Waals surface area contributed by atoms with Gasteiger partial charge in [0.1, 0.15) is 5.60 Å². The molecular weight excluding hydrogens is 332 g/mol. The molecule has 146 valence electrons. The van der Waals surface area contributed by atoms with Crippen molar-refractivity contribution in [2.75, 3.05) is 7.11 Å². The van der Waals surface area contributed by atoms with Gasteiger partial charge in [0.2, 0.25) is 0 Å². The van der Waals surface area contributed by atoms with Gasteiger partial charge in [0.15, 0.2) is 5.78 Å². The second-order valence-corrected chi connectivity index (χ2v) is 8.19. The number of ketones is 1.